The Kier molecular flexibility index (Phi) is 7.85. The molecule has 10 aromatic carbocycles. The first kappa shape index (κ1) is 35.5. The first-order valence-corrected chi connectivity index (χ1v) is 21.8. The van der Waals surface area contributed by atoms with Gasteiger partial charge in [-0.1, -0.05) is 188 Å². The van der Waals surface area contributed by atoms with E-state index in [4.69, 9.17) is 0 Å². The minimum Gasteiger partial charge on any atom is -0.309 e. The summed E-state index contributed by atoms with van der Waals surface area (Å²) >= 11 is 0. The summed E-state index contributed by atoms with van der Waals surface area (Å²) in [4.78, 5) is 0. The Morgan fingerprint density at radius 1 is 0.270 bits per heavy atom. The molecular weight excluding hydrogens is 761 g/mol. The van der Waals surface area contributed by atoms with Gasteiger partial charge in [0, 0.05) is 38.5 Å². The van der Waals surface area contributed by atoms with Gasteiger partial charge < -0.3 is 9.13 Å². The summed E-state index contributed by atoms with van der Waals surface area (Å²) in [5.74, 6) is 0. The maximum Gasteiger partial charge on any atom is 0.0713 e. The summed E-state index contributed by atoms with van der Waals surface area (Å²) in [7, 11) is 0. The maximum atomic E-state index is 2.51. The van der Waals surface area contributed by atoms with E-state index in [1.165, 1.54) is 99.2 Å². The summed E-state index contributed by atoms with van der Waals surface area (Å²) in [5, 5.41) is 4.94. The number of rotatable bonds is 6. The van der Waals surface area contributed by atoms with Gasteiger partial charge in [-0.3, -0.25) is 0 Å². The van der Waals surface area contributed by atoms with Crippen LogP contribution in [-0.4, -0.2) is 9.13 Å². The molecule has 0 radical (unpaired) electrons. The largest absolute Gasteiger partial charge is 0.309 e. The van der Waals surface area contributed by atoms with E-state index >= 15 is 0 Å². The number of hydrogen-bond acceptors (Lipinski definition) is 0. The summed E-state index contributed by atoms with van der Waals surface area (Å²) in [6.07, 6.45) is 0. The van der Waals surface area contributed by atoms with Gasteiger partial charge in [-0.15, -0.1) is 0 Å². The van der Waals surface area contributed by atoms with Gasteiger partial charge in [-0.2, -0.15) is 0 Å². The highest BCUT2D eigenvalue weighted by molar-refractivity contribution is 6.16. The van der Waals surface area contributed by atoms with E-state index < -0.39 is 5.41 Å². The van der Waals surface area contributed by atoms with Crippen molar-refractivity contribution < 1.29 is 0 Å². The lowest BCUT2D eigenvalue weighted by molar-refractivity contribution is 0.770. The third kappa shape index (κ3) is 5.19. The predicted molar refractivity (Wildman–Crippen MR) is 263 cm³/mol. The number of benzene rings is 10. The molecule has 0 spiro atoms. The molecule has 0 aliphatic heterocycles. The Bertz CT molecular complexity index is 3680. The van der Waals surface area contributed by atoms with Crippen molar-refractivity contribution in [2.45, 2.75) is 5.41 Å². The molecule has 2 heterocycles. The van der Waals surface area contributed by atoms with Crippen LogP contribution in [0.25, 0.3) is 88.4 Å². The van der Waals surface area contributed by atoms with Crippen molar-refractivity contribution in [1.82, 2.24) is 9.13 Å². The van der Waals surface area contributed by atoms with Crippen LogP contribution in [-0.2, 0) is 5.41 Å². The molecule has 13 rings (SSSR count). The Morgan fingerprint density at radius 2 is 0.810 bits per heavy atom. The normalized spacial score (nSPS) is 12.9. The highest BCUT2D eigenvalue weighted by Crippen LogP contribution is 2.56. The molecule has 2 nitrogen and oxygen atoms in total. The minimum absolute atomic E-state index is 0.510. The van der Waals surface area contributed by atoms with Crippen LogP contribution in [0.3, 0.4) is 0 Å². The number of hydrogen-bond donors (Lipinski definition) is 0. The van der Waals surface area contributed by atoms with Crippen molar-refractivity contribution in [3.8, 4) is 44.8 Å². The molecule has 0 atom stereocenters. The maximum absolute atomic E-state index is 2.51. The Labute approximate surface area is 366 Å². The van der Waals surface area contributed by atoms with E-state index in [9.17, 15) is 0 Å². The third-order valence-corrected chi connectivity index (χ3v) is 13.6. The molecule has 12 aromatic rings. The molecule has 0 unspecified atom stereocenters. The van der Waals surface area contributed by atoms with Gasteiger partial charge in [0.2, 0.25) is 0 Å². The average Bonchev–Trinajstić information content (AvgIpc) is 3.99. The fourth-order valence-corrected chi connectivity index (χ4v) is 11.0. The van der Waals surface area contributed by atoms with Crippen LogP contribution < -0.4 is 0 Å². The van der Waals surface area contributed by atoms with Gasteiger partial charge in [-0.25, -0.2) is 0 Å². The second kappa shape index (κ2) is 13.9. The molecule has 1 aliphatic rings. The average molecular weight is 801 g/mol. The van der Waals surface area contributed by atoms with E-state index in [1.54, 1.807) is 0 Å². The van der Waals surface area contributed by atoms with Crippen molar-refractivity contribution in [2.75, 3.05) is 0 Å². The van der Waals surface area contributed by atoms with E-state index in [2.05, 4.69) is 252 Å². The van der Waals surface area contributed by atoms with Gasteiger partial charge >= 0.3 is 0 Å². The zero-order chi connectivity index (χ0) is 41.5. The van der Waals surface area contributed by atoms with Crippen LogP contribution in [0.5, 0.6) is 0 Å². The van der Waals surface area contributed by atoms with Crippen LogP contribution in [0.4, 0.5) is 0 Å². The second-order valence-corrected chi connectivity index (χ2v) is 16.8. The molecule has 2 heteroatoms. The molecule has 0 saturated carbocycles. The van der Waals surface area contributed by atoms with Crippen LogP contribution in [0, 0.1) is 0 Å². The van der Waals surface area contributed by atoms with E-state index in [0.29, 0.717) is 0 Å². The fraction of sp³-hybridized carbons (Fsp3) is 0.0164. The van der Waals surface area contributed by atoms with Crippen molar-refractivity contribution in [3.05, 3.63) is 265 Å². The van der Waals surface area contributed by atoms with E-state index in [1.807, 2.05) is 0 Å². The van der Waals surface area contributed by atoms with Crippen molar-refractivity contribution >= 4 is 43.6 Å². The smallest absolute Gasteiger partial charge is 0.0713 e. The van der Waals surface area contributed by atoms with Gasteiger partial charge in [-0.05, 0) is 105 Å². The monoisotopic (exact) mass is 800 g/mol. The van der Waals surface area contributed by atoms with Gasteiger partial charge in [0.15, 0.2) is 0 Å². The minimum atomic E-state index is -0.510. The molecule has 63 heavy (non-hydrogen) atoms. The summed E-state index contributed by atoms with van der Waals surface area (Å²) in [6.45, 7) is 0. The lowest BCUT2D eigenvalue weighted by Gasteiger charge is -2.34. The van der Waals surface area contributed by atoms with Crippen LogP contribution in [0.1, 0.15) is 22.3 Å². The standard InChI is InChI=1S/C61H40N2/c1-4-18-41(19-5-1)42-20-16-25-47(38-42)62-58-36-34-43(48-29-17-30-52-51-28-12-15-33-57(51)63(60(48)52)46-23-8-3-9-24-46)39-53(58)54-40-45(35-37-59(54)62)61(44-21-6-2-7-22-44)55-31-13-10-26-49(55)50-27-11-14-32-56(50)61/h1-40H. The second-order valence-electron chi connectivity index (χ2n) is 16.8. The van der Waals surface area contributed by atoms with Crippen LogP contribution in [0.2, 0.25) is 0 Å². The zero-order valence-corrected chi connectivity index (χ0v) is 34.5. The van der Waals surface area contributed by atoms with Crippen LogP contribution >= 0.6 is 0 Å². The first-order valence-electron chi connectivity index (χ1n) is 21.8. The molecule has 0 amide bonds. The van der Waals surface area contributed by atoms with Gasteiger partial charge in [0.1, 0.15) is 0 Å². The van der Waals surface area contributed by atoms with Crippen molar-refractivity contribution in [1.29, 1.82) is 0 Å². The molecule has 0 bridgehead atoms. The van der Waals surface area contributed by atoms with Crippen LogP contribution in [0.15, 0.2) is 243 Å². The zero-order valence-electron chi connectivity index (χ0n) is 34.5. The fourth-order valence-electron chi connectivity index (χ4n) is 11.0. The van der Waals surface area contributed by atoms with E-state index in [0.717, 1.165) is 11.4 Å². The molecular formula is C61H40N2. The highest BCUT2D eigenvalue weighted by atomic mass is 15.0. The quantitative estimate of drug-likeness (QED) is 0.159. The van der Waals surface area contributed by atoms with Crippen molar-refractivity contribution in [2.24, 2.45) is 0 Å². The number of fused-ring (bicyclic) bond motifs is 9. The molecule has 0 N–H and O–H groups in total. The molecule has 2 aromatic heterocycles. The van der Waals surface area contributed by atoms with E-state index in [-0.39, 0.29) is 0 Å². The summed E-state index contributed by atoms with van der Waals surface area (Å²) < 4.78 is 4.91. The molecule has 294 valence electrons. The molecule has 0 saturated heterocycles. The third-order valence-electron chi connectivity index (χ3n) is 13.6. The molecule has 0 fully saturated rings. The lowest BCUT2D eigenvalue weighted by atomic mass is 9.67. The highest BCUT2D eigenvalue weighted by Gasteiger charge is 2.46. The Morgan fingerprint density at radius 3 is 1.57 bits per heavy atom. The summed E-state index contributed by atoms with van der Waals surface area (Å²) in [5.41, 5.74) is 19.1. The number of nitrogens with zero attached hydrogens (tertiary/aromatic N) is 2. The SMILES string of the molecule is c1ccc(-c2cccc(-n3c4ccc(-c5cccc6c7ccccc7n(-c7ccccc7)c56)cc4c4cc(C5(c6ccccc6)c6ccccc6-c6ccccc65)ccc43)c2)cc1. The van der Waals surface area contributed by atoms with Gasteiger partial charge in [0.05, 0.1) is 27.5 Å². The topological polar surface area (TPSA) is 9.86 Å². The predicted octanol–water partition coefficient (Wildman–Crippen LogP) is 15.6. The van der Waals surface area contributed by atoms with Crippen molar-refractivity contribution in [3.63, 3.8) is 0 Å². The number of para-hydroxylation sites is 3. The molecule has 1 aliphatic carbocycles. The lowest BCUT2D eigenvalue weighted by Crippen LogP contribution is -2.28. The Balaban J connectivity index is 1.12. The number of aromatic nitrogens is 2. The first-order chi connectivity index (χ1) is 31.3. The Hall–Kier alpha value is -8.20. The van der Waals surface area contributed by atoms with Gasteiger partial charge in [0.25, 0.3) is 0 Å². The summed E-state index contributed by atoms with van der Waals surface area (Å²) in [6, 6.07) is 89.6.